The molecule has 0 radical (unpaired) electrons. The number of aliphatic hydroxyl groups is 1. The van der Waals surface area contributed by atoms with Crippen LogP contribution >= 0.6 is 0 Å². The highest BCUT2D eigenvalue weighted by molar-refractivity contribution is 5.23. The van der Waals surface area contributed by atoms with Crippen molar-refractivity contribution in [2.45, 2.75) is 38.6 Å². The third-order valence-corrected chi connectivity index (χ3v) is 2.74. The van der Waals surface area contributed by atoms with E-state index < -0.39 is 17.6 Å². The topological polar surface area (TPSA) is 32.3 Å². The Balaban J connectivity index is 2.75. The van der Waals surface area contributed by atoms with E-state index in [0.29, 0.717) is 5.56 Å². The summed E-state index contributed by atoms with van der Waals surface area (Å²) in [4.78, 5) is 0. The Morgan fingerprint density at radius 2 is 1.82 bits per heavy atom. The molecule has 0 amide bonds. The number of nitrogens with one attached hydrogen (secondary N) is 1. The number of halogens is 2. The van der Waals surface area contributed by atoms with Crippen LogP contribution in [-0.2, 0) is 5.60 Å². The molecular weight excluding hydrogens is 224 g/mol. The second kappa shape index (κ2) is 5.56. The first kappa shape index (κ1) is 14.1. The number of alkyl halides is 1. The first-order valence-corrected chi connectivity index (χ1v) is 5.70. The summed E-state index contributed by atoms with van der Waals surface area (Å²) in [5, 5.41) is 13.0. The fraction of sp³-hybridized carbons (Fsp3) is 0.538. The molecule has 2 nitrogen and oxygen atoms in total. The second-order valence-electron chi connectivity index (χ2n) is 4.68. The monoisotopic (exact) mass is 243 g/mol. The normalized spacial score (nSPS) is 16.9. The van der Waals surface area contributed by atoms with Crippen molar-refractivity contribution >= 4 is 0 Å². The molecule has 1 aromatic rings. The first-order chi connectivity index (χ1) is 7.84. The molecule has 1 aromatic carbocycles. The van der Waals surface area contributed by atoms with Gasteiger partial charge in [-0.1, -0.05) is 26.0 Å². The highest BCUT2D eigenvalue weighted by Gasteiger charge is 2.33. The van der Waals surface area contributed by atoms with Crippen molar-refractivity contribution in [3.8, 4) is 0 Å². The molecule has 0 aliphatic carbocycles. The molecule has 17 heavy (non-hydrogen) atoms. The Morgan fingerprint density at radius 3 is 2.29 bits per heavy atom. The summed E-state index contributed by atoms with van der Waals surface area (Å²) in [5.74, 6) is -0.403. The van der Waals surface area contributed by atoms with E-state index in [-0.39, 0.29) is 12.6 Å². The van der Waals surface area contributed by atoms with E-state index in [4.69, 9.17) is 0 Å². The predicted molar refractivity (Wildman–Crippen MR) is 64.0 cm³/mol. The van der Waals surface area contributed by atoms with E-state index in [1.807, 2.05) is 13.8 Å². The van der Waals surface area contributed by atoms with E-state index in [1.165, 1.54) is 31.2 Å². The summed E-state index contributed by atoms with van der Waals surface area (Å²) < 4.78 is 26.7. The van der Waals surface area contributed by atoms with Crippen LogP contribution in [-0.4, -0.2) is 23.9 Å². The molecule has 2 N–H and O–H groups in total. The summed E-state index contributed by atoms with van der Waals surface area (Å²) in [7, 11) is 0. The standard InChI is InChI=1S/C13H19F2NO/c1-9(2)16-8-12(15)13(3,17)10-4-6-11(14)7-5-10/h4-7,9,12,16-17H,8H2,1-3H3/t12-,13?/m1/s1. The van der Waals surface area contributed by atoms with Crippen LogP contribution in [0.1, 0.15) is 26.3 Å². The fourth-order valence-electron chi connectivity index (χ4n) is 1.51. The van der Waals surface area contributed by atoms with Crippen LogP contribution < -0.4 is 5.32 Å². The lowest BCUT2D eigenvalue weighted by atomic mass is 9.91. The van der Waals surface area contributed by atoms with Crippen LogP contribution in [0.25, 0.3) is 0 Å². The van der Waals surface area contributed by atoms with Gasteiger partial charge < -0.3 is 10.4 Å². The second-order valence-corrected chi connectivity index (χ2v) is 4.68. The van der Waals surface area contributed by atoms with Gasteiger partial charge in [-0.2, -0.15) is 0 Å². The minimum absolute atomic E-state index is 0.0576. The quantitative estimate of drug-likeness (QED) is 0.832. The van der Waals surface area contributed by atoms with Crippen molar-refractivity contribution < 1.29 is 13.9 Å². The molecule has 0 heterocycles. The predicted octanol–water partition coefficient (Wildman–Crippen LogP) is 2.37. The molecule has 0 aromatic heterocycles. The zero-order valence-electron chi connectivity index (χ0n) is 10.4. The molecule has 96 valence electrons. The zero-order chi connectivity index (χ0) is 13.1. The maximum atomic E-state index is 13.9. The van der Waals surface area contributed by atoms with Crippen molar-refractivity contribution in [3.05, 3.63) is 35.6 Å². The number of hydrogen-bond donors (Lipinski definition) is 2. The SMILES string of the molecule is CC(C)NC[C@@H](F)C(C)(O)c1ccc(F)cc1. The van der Waals surface area contributed by atoms with Crippen LogP contribution in [0.4, 0.5) is 8.78 Å². The molecule has 0 saturated carbocycles. The van der Waals surface area contributed by atoms with E-state index in [0.717, 1.165) is 0 Å². The summed E-state index contributed by atoms with van der Waals surface area (Å²) in [6.45, 7) is 5.26. The van der Waals surface area contributed by atoms with Gasteiger partial charge in [0, 0.05) is 12.6 Å². The van der Waals surface area contributed by atoms with Gasteiger partial charge in [0.05, 0.1) is 0 Å². The van der Waals surface area contributed by atoms with Crippen molar-refractivity contribution in [2.75, 3.05) is 6.54 Å². The van der Waals surface area contributed by atoms with Gasteiger partial charge in [-0.05, 0) is 24.6 Å². The Bertz CT molecular complexity index is 349. The molecule has 0 fully saturated rings. The molecule has 0 spiro atoms. The zero-order valence-corrected chi connectivity index (χ0v) is 10.4. The number of hydrogen-bond acceptors (Lipinski definition) is 2. The smallest absolute Gasteiger partial charge is 0.145 e. The number of rotatable bonds is 5. The minimum Gasteiger partial charge on any atom is -0.382 e. The van der Waals surface area contributed by atoms with Gasteiger partial charge >= 0.3 is 0 Å². The lowest BCUT2D eigenvalue weighted by Crippen LogP contribution is -2.42. The molecule has 0 bridgehead atoms. The van der Waals surface area contributed by atoms with Gasteiger partial charge in [-0.3, -0.25) is 0 Å². The van der Waals surface area contributed by atoms with Gasteiger partial charge in [0.25, 0.3) is 0 Å². The highest BCUT2D eigenvalue weighted by Crippen LogP contribution is 2.26. The van der Waals surface area contributed by atoms with Crippen LogP contribution in [0.2, 0.25) is 0 Å². The lowest BCUT2D eigenvalue weighted by Gasteiger charge is -2.28. The third kappa shape index (κ3) is 3.75. The van der Waals surface area contributed by atoms with Gasteiger partial charge in [0.2, 0.25) is 0 Å². The van der Waals surface area contributed by atoms with Crippen molar-refractivity contribution in [1.29, 1.82) is 0 Å². The molecule has 0 aliphatic heterocycles. The van der Waals surface area contributed by atoms with Crippen LogP contribution in [0.3, 0.4) is 0 Å². The van der Waals surface area contributed by atoms with Gasteiger partial charge in [-0.25, -0.2) is 8.78 Å². The van der Waals surface area contributed by atoms with E-state index in [9.17, 15) is 13.9 Å². The van der Waals surface area contributed by atoms with E-state index in [2.05, 4.69) is 5.32 Å². The Kier molecular flexibility index (Phi) is 4.60. The van der Waals surface area contributed by atoms with Gasteiger partial charge in [-0.15, -0.1) is 0 Å². The molecule has 4 heteroatoms. The largest absolute Gasteiger partial charge is 0.382 e. The fourth-order valence-corrected chi connectivity index (χ4v) is 1.51. The minimum atomic E-state index is -1.62. The van der Waals surface area contributed by atoms with Crippen molar-refractivity contribution in [3.63, 3.8) is 0 Å². The molecule has 1 unspecified atom stereocenters. The summed E-state index contributed by atoms with van der Waals surface area (Å²) in [6, 6.07) is 5.38. The average Bonchev–Trinajstić information content (AvgIpc) is 2.26. The van der Waals surface area contributed by atoms with Gasteiger partial charge in [0.15, 0.2) is 0 Å². The summed E-state index contributed by atoms with van der Waals surface area (Å²) in [5.41, 5.74) is -1.24. The van der Waals surface area contributed by atoms with Crippen molar-refractivity contribution in [1.82, 2.24) is 5.32 Å². The van der Waals surface area contributed by atoms with Gasteiger partial charge in [0.1, 0.15) is 17.6 Å². The molecule has 0 saturated heterocycles. The summed E-state index contributed by atoms with van der Waals surface area (Å²) in [6.07, 6.45) is -1.45. The number of benzene rings is 1. The Morgan fingerprint density at radius 1 is 1.29 bits per heavy atom. The van der Waals surface area contributed by atoms with E-state index >= 15 is 0 Å². The molecule has 0 aliphatic rings. The summed E-state index contributed by atoms with van der Waals surface area (Å²) >= 11 is 0. The third-order valence-electron chi connectivity index (χ3n) is 2.74. The molecule has 2 atom stereocenters. The average molecular weight is 243 g/mol. The Labute approximate surface area is 101 Å². The maximum absolute atomic E-state index is 13.9. The maximum Gasteiger partial charge on any atom is 0.145 e. The molecule has 1 rings (SSSR count). The first-order valence-electron chi connectivity index (χ1n) is 5.70. The molecular formula is C13H19F2NO. The van der Waals surface area contributed by atoms with Crippen LogP contribution in [0, 0.1) is 5.82 Å². The Hall–Kier alpha value is -1.00. The van der Waals surface area contributed by atoms with E-state index in [1.54, 1.807) is 0 Å². The van der Waals surface area contributed by atoms with Crippen LogP contribution in [0.15, 0.2) is 24.3 Å². The van der Waals surface area contributed by atoms with Crippen LogP contribution in [0.5, 0.6) is 0 Å². The lowest BCUT2D eigenvalue weighted by molar-refractivity contribution is -0.0242. The van der Waals surface area contributed by atoms with Crippen molar-refractivity contribution in [2.24, 2.45) is 0 Å². The highest BCUT2D eigenvalue weighted by atomic mass is 19.1.